The molecule has 0 aromatic carbocycles. The number of carboxylic acid groups (broad SMARTS) is 1. The van der Waals surface area contributed by atoms with Gasteiger partial charge in [-0.1, -0.05) is 5.92 Å². The number of aliphatic carboxylic acids is 1. The van der Waals surface area contributed by atoms with Crippen molar-refractivity contribution in [3.8, 4) is 12.3 Å². The first-order valence-electron chi connectivity index (χ1n) is 5.87. The first-order chi connectivity index (χ1) is 9.51. The molecule has 1 fully saturated rings. The minimum Gasteiger partial charge on any atom is -0.480 e. The lowest BCUT2D eigenvalue weighted by molar-refractivity contribution is -0.151. The SMILES string of the molecule is C#CCN(CC(=O)O)C(=O)N1CCOCC1C(=O)OC. The van der Waals surface area contributed by atoms with Gasteiger partial charge in [0.2, 0.25) is 0 Å². The number of morpholine rings is 1. The van der Waals surface area contributed by atoms with Gasteiger partial charge in [-0.05, 0) is 0 Å². The molecular formula is C12H16N2O6. The van der Waals surface area contributed by atoms with Crippen molar-refractivity contribution in [3.05, 3.63) is 0 Å². The lowest BCUT2D eigenvalue weighted by Gasteiger charge is -2.36. The predicted molar refractivity (Wildman–Crippen MR) is 66.8 cm³/mol. The van der Waals surface area contributed by atoms with Gasteiger partial charge in [0.15, 0.2) is 6.04 Å². The lowest BCUT2D eigenvalue weighted by atomic mass is 10.2. The van der Waals surface area contributed by atoms with E-state index in [1.807, 2.05) is 0 Å². The summed E-state index contributed by atoms with van der Waals surface area (Å²) >= 11 is 0. The number of esters is 1. The van der Waals surface area contributed by atoms with E-state index < -0.39 is 30.6 Å². The standard InChI is InChI=1S/C12H16N2O6/c1-3-4-13(7-10(15)16)12(18)14-5-6-20-8-9(14)11(17)19-2/h1,9H,4-8H2,2H3,(H,15,16). The summed E-state index contributed by atoms with van der Waals surface area (Å²) in [7, 11) is 1.20. The van der Waals surface area contributed by atoms with Gasteiger partial charge in [0.25, 0.3) is 0 Å². The van der Waals surface area contributed by atoms with Crippen molar-refractivity contribution in [3.63, 3.8) is 0 Å². The third-order valence-electron chi connectivity index (χ3n) is 2.73. The Morgan fingerprint density at radius 1 is 1.55 bits per heavy atom. The molecule has 0 bridgehead atoms. The minimum atomic E-state index is -1.18. The van der Waals surface area contributed by atoms with Gasteiger partial charge in [0.05, 0.1) is 26.9 Å². The molecule has 1 heterocycles. The molecule has 0 saturated carbocycles. The normalized spacial score (nSPS) is 18.0. The van der Waals surface area contributed by atoms with Crippen LogP contribution < -0.4 is 0 Å². The smallest absolute Gasteiger partial charge is 0.331 e. The van der Waals surface area contributed by atoms with Gasteiger partial charge in [-0.15, -0.1) is 6.42 Å². The highest BCUT2D eigenvalue weighted by Gasteiger charge is 2.36. The summed E-state index contributed by atoms with van der Waals surface area (Å²) in [6.07, 6.45) is 5.12. The Morgan fingerprint density at radius 3 is 2.80 bits per heavy atom. The van der Waals surface area contributed by atoms with Crippen LogP contribution in [-0.4, -0.2) is 78.9 Å². The van der Waals surface area contributed by atoms with Crippen LogP contribution in [0.15, 0.2) is 0 Å². The highest BCUT2D eigenvalue weighted by atomic mass is 16.5. The molecule has 1 N–H and O–H groups in total. The second kappa shape index (κ2) is 7.35. The Kier molecular flexibility index (Phi) is 5.80. The Bertz CT molecular complexity index is 430. The molecule has 110 valence electrons. The molecule has 20 heavy (non-hydrogen) atoms. The molecule has 0 spiro atoms. The quantitative estimate of drug-likeness (QED) is 0.525. The molecule has 0 aliphatic carbocycles. The summed E-state index contributed by atoms with van der Waals surface area (Å²) < 4.78 is 9.74. The molecule has 0 aromatic rings. The Morgan fingerprint density at radius 2 is 2.25 bits per heavy atom. The summed E-state index contributed by atoms with van der Waals surface area (Å²) in [6, 6.07) is -1.51. The maximum Gasteiger partial charge on any atom is 0.331 e. The first kappa shape index (κ1) is 15.8. The number of carbonyl (C=O) groups excluding carboxylic acids is 2. The first-order valence-corrected chi connectivity index (χ1v) is 5.87. The molecule has 8 heteroatoms. The van der Waals surface area contributed by atoms with Gasteiger partial charge < -0.3 is 24.4 Å². The van der Waals surface area contributed by atoms with Crippen molar-refractivity contribution in [2.75, 3.05) is 40.0 Å². The number of carboxylic acids is 1. The number of carbonyl (C=O) groups is 3. The predicted octanol–water partition coefficient (Wildman–Crippen LogP) is -1.000. The van der Waals surface area contributed by atoms with E-state index in [2.05, 4.69) is 10.7 Å². The topological polar surface area (TPSA) is 96.4 Å². The van der Waals surface area contributed by atoms with E-state index in [1.54, 1.807) is 0 Å². The molecular weight excluding hydrogens is 268 g/mol. The Hall–Kier alpha value is -2.27. The third-order valence-corrected chi connectivity index (χ3v) is 2.73. The molecule has 1 rings (SSSR count). The van der Waals surface area contributed by atoms with Gasteiger partial charge in [-0.3, -0.25) is 4.79 Å². The van der Waals surface area contributed by atoms with Gasteiger partial charge in [0, 0.05) is 6.54 Å². The summed E-state index contributed by atoms with van der Waals surface area (Å²) in [5.41, 5.74) is 0. The van der Waals surface area contributed by atoms with Crippen LogP contribution in [0.5, 0.6) is 0 Å². The number of rotatable bonds is 4. The van der Waals surface area contributed by atoms with Gasteiger partial charge in [-0.25, -0.2) is 9.59 Å². The molecule has 1 saturated heterocycles. The summed E-state index contributed by atoms with van der Waals surface area (Å²) in [4.78, 5) is 36.8. The third kappa shape index (κ3) is 3.86. The maximum atomic E-state index is 12.3. The van der Waals surface area contributed by atoms with E-state index in [1.165, 1.54) is 12.0 Å². The minimum absolute atomic E-state index is 0.00930. The Balaban J connectivity index is 2.86. The molecule has 1 aliphatic heterocycles. The number of hydrogen-bond donors (Lipinski definition) is 1. The molecule has 8 nitrogen and oxygen atoms in total. The summed E-state index contributed by atoms with van der Waals surface area (Å²) in [5, 5.41) is 8.78. The monoisotopic (exact) mass is 284 g/mol. The second-order valence-electron chi connectivity index (χ2n) is 4.04. The van der Waals surface area contributed by atoms with Crippen LogP contribution in [0.2, 0.25) is 0 Å². The fourth-order valence-corrected chi connectivity index (χ4v) is 1.81. The van der Waals surface area contributed by atoms with E-state index in [4.69, 9.17) is 16.3 Å². The molecule has 2 amide bonds. The zero-order chi connectivity index (χ0) is 15.1. The number of nitrogens with zero attached hydrogens (tertiary/aromatic N) is 2. The van der Waals surface area contributed by atoms with Gasteiger partial charge >= 0.3 is 18.0 Å². The number of urea groups is 1. The average Bonchev–Trinajstić information content (AvgIpc) is 2.44. The average molecular weight is 284 g/mol. The Labute approximate surface area is 116 Å². The lowest BCUT2D eigenvalue weighted by Crippen LogP contribution is -2.57. The van der Waals surface area contributed by atoms with Gasteiger partial charge in [0.1, 0.15) is 6.54 Å². The van der Waals surface area contributed by atoms with Crippen LogP contribution in [0.4, 0.5) is 4.79 Å². The zero-order valence-electron chi connectivity index (χ0n) is 11.1. The van der Waals surface area contributed by atoms with Crippen LogP contribution in [0.25, 0.3) is 0 Å². The van der Waals surface area contributed by atoms with E-state index in [0.29, 0.717) is 0 Å². The van der Waals surface area contributed by atoms with E-state index in [-0.39, 0.29) is 26.3 Å². The van der Waals surface area contributed by atoms with E-state index in [0.717, 1.165) is 4.90 Å². The van der Waals surface area contributed by atoms with Crippen molar-refractivity contribution >= 4 is 18.0 Å². The van der Waals surface area contributed by atoms with Crippen LogP contribution >= 0.6 is 0 Å². The fourth-order valence-electron chi connectivity index (χ4n) is 1.81. The van der Waals surface area contributed by atoms with Crippen molar-refractivity contribution in [2.24, 2.45) is 0 Å². The fraction of sp³-hybridized carbons (Fsp3) is 0.583. The maximum absolute atomic E-state index is 12.3. The molecule has 1 atom stereocenters. The highest BCUT2D eigenvalue weighted by molar-refractivity contribution is 5.86. The van der Waals surface area contributed by atoms with E-state index in [9.17, 15) is 14.4 Å². The number of methoxy groups -OCH3 is 1. The summed E-state index contributed by atoms with van der Waals surface area (Å²) in [6.45, 7) is -0.254. The molecule has 0 radical (unpaired) electrons. The van der Waals surface area contributed by atoms with Crippen molar-refractivity contribution in [1.29, 1.82) is 0 Å². The second-order valence-corrected chi connectivity index (χ2v) is 4.04. The number of ether oxygens (including phenoxy) is 2. The number of hydrogen-bond acceptors (Lipinski definition) is 5. The molecule has 1 aliphatic rings. The summed E-state index contributed by atoms with van der Waals surface area (Å²) in [5.74, 6) is 0.418. The van der Waals surface area contributed by atoms with Crippen LogP contribution in [0, 0.1) is 12.3 Å². The van der Waals surface area contributed by atoms with Crippen LogP contribution in [-0.2, 0) is 19.1 Å². The van der Waals surface area contributed by atoms with Crippen LogP contribution in [0.3, 0.4) is 0 Å². The number of amides is 2. The largest absolute Gasteiger partial charge is 0.480 e. The molecule has 0 aromatic heterocycles. The van der Waals surface area contributed by atoms with Crippen molar-refractivity contribution < 1.29 is 29.0 Å². The molecule has 1 unspecified atom stereocenters. The van der Waals surface area contributed by atoms with Crippen molar-refractivity contribution in [1.82, 2.24) is 9.80 Å². The zero-order valence-corrected chi connectivity index (χ0v) is 11.1. The van der Waals surface area contributed by atoms with Crippen LogP contribution in [0.1, 0.15) is 0 Å². The van der Waals surface area contributed by atoms with E-state index >= 15 is 0 Å². The highest BCUT2D eigenvalue weighted by Crippen LogP contribution is 2.12. The van der Waals surface area contributed by atoms with Gasteiger partial charge in [-0.2, -0.15) is 0 Å². The van der Waals surface area contributed by atoms with Crippen molar-refractivity contribution in [2.45, 2.75) is 6.04 Å². The number of terminal acetylenes is 1.